The van der Waals surface area contributed by atoms with Crippen molar-refractivity contribution in [3.05, 3.63) is 82.8 Å². The summed E-state index contributed by atoms with van der Waals surface area (Å²) in [7, 11) is 0. The van der Waals surface area contributed by atoms with Crippen LogP contribution in [0.4, 0.5) is 0 Å². The molecule has 8 nitrogen and oxygen atoms in total. The van der Waals surface area contributed by atoms with Crippen molar-refractivity contribution in [3.63, 3.8) is 0 Å². The predicted molar refractivity (Wildman–Crippen MR) is 119 cm³/mol. The highest BCUT2D eigenvalue weighted by Crippen LogP contribution is 2.39. The Morgan fingerprint density at radius 2 is 2.06 bits per heavy atom. The Morgan fingerprint density at radius 3 is 2.94 bits per heavy atom. The molecule has 0 saturated heterocycles. The van der Waals surface area contributed by atoms with E-state index in [0.29, 0.717) is 29.6 Å². The van der Waals surface area contributed by atoms with Gasteiger partial charge in [-0.3, -0.25) is 9.89 Å². The number of carbonyl (C=O) groups excluding carboxylic acids is 1. The third-order valence-corrected chi connectivity index (χ3v) is 6.11. The summed E-state index contributed by atoms with van der Waals surface area (Å²) in [6.45, 7) is 0. The summed E-state index contributed by atoms with van der Waals surface area (Å²) in [5.41, 5.74) is 4.88. The molecule has 0 amide bonds. The maximum absolute atomic E-state index is 12.6. The van der Waals surface area contributed by atoms with Crippen LogP contribution in [0.15, 0.2) is 49.2 Å². The molecule has 1 aliphatic carbocycles. The number of carbonyl (C=O) groups is 1. The summed E-state index contributed by atoms with van der Waals surface area (Å²) in [6, 6.07) is 7.86. The van der Waals surface area contributed by atoms with Crippen LogP contribution in [0, 0.1) is 0 Å². The van der Waals surface area contributed by atoms with Gasteiger partial charge in [0.05, 0.1) is 29.7 Å². The number of nitrogens with one attached hydrogen (secondary N) is 1. The molecule has 9 heteroatoms. The minimum atomic E-state index is -0.125. The summed E-state index contributed by atoms with van der Waals surface area (Å²) in [5, 5.41) is 7.64. The lowest BCUT2D eigenvalue weighted by molar-refractivity contribution is 0.0973. The standard InChI is InChI=1S/C23H20ClN7O/c24-16-7-8-30-13-25-18(19(30)9-16)4-5-20(32)23-27-21(28-29-23)10-17-12-31-11-15(14-1-2-14)3-6-22(31)26-17/h3,6-9,11-14H,1-2,4-5,10H2,(H,27,28,29). The molecule has 6 rings (SSSR count). The average Bonchev–Trinajstić information content (AvgIpc) is 3.21. The van der Waals surface area contributed by atoms with Gasteiger partial charge in [-0.25, -0.2) is 15.0 Å². The lowest BCUT2D eigenvalue weighted by Crippen LogP contribution is -2.04. The van der Waals surface area contributed by atoms with E-state index in [1.54, 1.807) is 12.4 Å². The van der Waals surface area contributed by atoms with Gasteiger partial charge in [0.2, 0.25) is 11.6 Å². The molecule has 160 valence electrons. The summed E-state index contributed by atoms with van der Waals surface area (Å²) in [6.07, 6.45) is 11.5. The molecular formula is C23H20ClN7O. The van der Waals surface area contributed by atoms with Crippen molar-refractivity contribution in [3.8, 4) is 0 Å². The normalized spacial score (nSPS) is 13.9. The number of rotatable bonds is 7. The number of aryl methyl sites for hydroxylation is 1. The fourth-order valence-electron chi connectivity index (χ4n) is 4.03. The topological polar surface area (TPSA) is 93.2 Å². The minimum absolute atomic E-state index is 0.125. The molecule has 0 bridgehead atoms. The van der Waals surface area contributed by atoms with Gasteiger partial charge >= 0.3 is 0 Å². The molecule has 1 fully saturated rings. The van der Waals surface area contributed by atoms with Crippen molar-refractivity contribution in [1.29, 1.82) is 0 Å². The summed E-state index contributed by atoms with van der Waals surface area (Å²) in [4.78, 5) is 26.1. The molecule has 0 aliphatic heterocycles. The van der Waals surface area contributed by atoms with Crippen molar-refractivity contribution in [2.24, 2.45) is 0 Å². The number of H-pyrrole nitrogens is 1. The molecule has 1 aliphatic rings. The zero-order valence-corrected chi connectivity index (χ0v) is 18.0. The number of ketones is 1. The number of pyridine rings is 2. The summed E-state index contributed by atoms with van der Waals surface area (Å²) < 4.78 is 3.95. The van der Waals surface area contributed by atoms with Gasteiger partial charge in [-0.2, -0.15) is 5.10 Å². The average molecular weight is 446 g/mol. The second kappa shape index (κ2) is 7.56. The number of halogens is 1. The molecule has 0 spiro atoms. The van der Waals surface area contributed by atoms with Crippen LogP contribution in [-0.4, -0.2) is 39.7 Å². The Hall–Kier alpha value is -3.52. The number of hydrogen-bond donors (Lipinski definition) is 1. The van der Waals surface area contributed by atoms with Crippen molar-refractivity contribution < 1.29 is 4.79 Å². The van der Waals surface area contributed by atoms with E-state index in [2.05, 4.69) is 47.9 Å². The molecule has 0 radical (unpaired) electrons. The third-order valence-electron chi connectivity index (χ3n) is 5.87. The number of Topliss-reactive ketones (excluding diaryl/α,β-unsaturated/α-hetero) is 1. The smallest absolute Gasteiger partial charge is 0.217 e. The van der Waals surface area contributed by atoms with Crippen LogP contribution in [0.25, 0.3) is 11.2 Å². The van der Waals surface area contributed by atoms with E-state index in [1.165, 1.54) is 18.4 Å². The summed E-state index contributed by atoms with van der Waals surface area (Å²) >= 11 is 6.09. The SMILES string of the molecule is O=C(CCc1ncn2ccc(Cl)cc12)c1n[nH]c(Cc2cn3cc(C4CC4)ccc3n2)n1. The fourth-order valence-corrected chi connectivity index (χ4v) is 4.19. The molecular weight excluding hydrogens is 426 g/mol. The van der Waals surface area contributed by atoms with Crippen molar-refractivity contribution in [2.75, 3.05) is 0 Å². The zero-order valence-electron chi connectivity index (χ0n) is 17.2. The van der Waals surface area contributed by atoms with Gasteiger partial charge in [0.1, 0.15) is 11.5 Å². The quantitative estimate of drug-likeness (QED) is 0.381. The monoisotopic (exact) mass is 445 g/mol. The molecule has 1 N–H and O–H groups in total. The second-order valence-corrected chi connectivity index (χ2v) is 8.71. The molecule has 0 unspecified atom stereocenters. The van der Waals surface area contributed by atoms with E-state index >= 15 is 0 Å². The van der Waals surface area contributed by atoms with Crippen molar-refractivity contribution in [1.82, 2.24) is 34.0 Å². The summed E-state index contributed by atoms with van der Waals surface area (Å²) in [5.74, 6) is 1.39. The molecule has 0 aromatic carbocycles. The highest BCUT2D eigenvalue weighted by molar-refractivity contribution is 6.30. The van der Waals surface area contributed by atoms with Crippen LogP contribution in [0.3, 0.4) is 0 Å². The van der Waals surface area contributed by atoms with Gasteiger partial charge in [-0.05, 0) is 48.9 Å². The van der Waals surface area contributed by atoms with E-state index in [9.17, 15) is 4.79 Å². The van der Waals surface area contributed by atoms with Gasteiger partial charge in [-0.15, -0.1) is 0 Å². The lowest BCUT2D eigenvalue weighted by atomic mass is 10.1. The highest BCUT2D eigenvalue weighted by Gasteiger charge is 2.24. The van der Waals surface area contributed by atoms with Crippen LogP contribution in [0.5, 0.6) is 0 Å². The maximum Gasteiger partial charge on any atom is 0.217 e. The van der Waals surface area contributed by atoms with Crippen LogP contribution in [0.1, 0.15) is 58.6 Å². The molecule has 0 atom stereocenters. The van der Waals surface area contributed by atoms with Gasteiger partial charge < -0.3 is 8.80 Å². The number of aromatic nitrogens is 7. The first kappa shape index (κ1) is 19.2. The van der Waals surface area contributed by atoms with Gasteiger partial charge in [0.25, 0.3) is 0 Å². The largest absolute Gasteiger partial charge is 0.307 e. The highest BCUT2D eigenvalue weighted by atomic mass is 35.5. The zero-order chi connectivity index (χ0) is 21.7. The van der Waals surface area contributed by atoms with Crippen LogP contribution >= 0.6 is 11.6 Å². The number of imidazole rings is 2. The van der Waals surface area contributed by atoms with Crippen LogP contribution < -0.4 is 0 Å². The van der Waals surface area contributed by atoms with Crippen molar-refractivity contribution >= 4 is 28.5 Å². The Labute approximate surface area is 188 Å². The van der Waals surface area contributed by atoms with E-state index < -0.39 is 0 Å². The Morgan fingerprint density at radius 1 is 1.16 bits per heavy atom. The van der Waals surface area contributed by atoms with E-state index in [4.69, 9.17) is 11.6 Å². The number of nitrogens with zero attached hydrogens (tertiary/aromatic N) is 6. The lowest BCUT2D eigenvalue weighted by Gasteiger charge is -1.98. The second-order valence-electron chi connectivity index (χ2n) is 8.27. The molecule has 5 aromatic heterocycles. The van der Waals surface area contributed by atoms with E-state index in [0.717, 1.165) is 22.6 Å². The Balaban J connectivity index is 1.13. The first-order chi connectivity index (χ1) is 15.6. The van der Waals surface area contributed by atoms with Crippen LogP contribution in [-0.2, 0) is 12.8 Å². The predicted octanol–water partition coefficient (Wildman–Crippen LogP) is 4.04. The number of fused-ring (bicyclic) bond motifs is 2. The number of hydrogen-bond acceptors (Lipinski definition) is 5. The Bertz CT molecular complexity index is 1460. The third kappa shape index (κ3) is 3.67. The van der Waals surface area contributed by atoms with Crippen LogP contribution in [0.2, 0.25) is 5.02 Å². The first-order valence-corrected chi connectivity index (χ1v) is 11.0. The van der Waals surface area contributed by atoms with Crippen molar-refractivity contribution in [2.45, 2.75) is 38.0 Å². The number of aromatic amines is 1. The van der Waals surface area contributed by atoms with E-state index in [-0.39, 0.29) is 18.0 Å². The fraction of sp³-hybridized carbons (Fsp3) is 0.261. The minimum Gasteiger partial charge on any atom is -0.307 e. The Kier molecular flexibility index (Phi) is 4.53. The first-order valence-electron chi connectivity index (χ1n) is 10.7. The van der Waals surface area contributed by atoms with Gasteiger partial charge in [-0.1, -0.05) is 17.7 Å². The van der Waals surface area contributed by atoms with E-state index in [1.807, 2.05) is 22.9 Å². The molecule has 32 heavy (non-hydrogen) atoms. The molecule has 5 heterocycles. The molecule has 1 saturated carbocycles. The van der Waals surface area contributed by atoms with Gasteiger partial charge in [0, 0.05) is 30.0 Å². The molecule has 5 aromatic rings. The maximum atomic E-state index is 12.6. The van der Waals surface area contributed by atoms with Gasteiger partial charge in [0.15, 0.2) is 0 Å².